The second-order valence-corrected chi connectivity index (χ2v) is 4.60. The number of hydrogen-bond donors (Lipinski definition) is 1. The van der Waals surface area contributed by atoms with Gasteiger partial charge < -0.3 is 10.1 Å². The molecule has 1 saturated heterocycles. The Labute approximate surface area is 104 Å². The maximum Gasteiger partial charge on any atom is 0.0594 e. The maximum absolute atomic E-state index is 5.33. The van der Waals surface area contributed by atoms with Crippen LogP contribution in [0, 0.1) is 6.92 Å². The van der Waals surface area contributed by atoms with Crippen LogP contribution in [-0.4, -0.2) is 44.3 Å². The fourth-order valence-electron chi connectivity index (χ4n) is 2.03. The number of rotatable bonds is 5. The molecule has 0 aromatic heterocycles. The van der Waals surface area contributed by atoms with Gasteiger partial charge in [-0.2, -0.15) is 0 Å². The second kappa shape index (κ2) is 6.62. The van der Waals surface area contributed by atoms with Crippen LogP contribution in [0.15, 0.2) is 24.3 Å². The summed E-state index contributed by atoms with van der Waals surface area (Å²) in [7, 11) is 0. The number of aryl methyl sites for hydroxylation is 1. The molecule has 0 radical (unpaired) electrons. The van der Waals surface area contributed by atoms with Gasteiger partial charge in [0.2, 0.25) is 0 Å². The van der Waals surface area contributed by atoms with E-state index in [1.165, 1.54) is 24.2 Å². The van der Waals surface area contributed by atoms with Gasteiger partial charge in [0.1, 0.15) is 0 Å². The van der Waals surface area contributed by atoms with Gasteiger partial charge in [-0.1, -0.05) is 17.7 Å². The third kappa shape index (κ3) is 4.36. The molecule has 94 valence electrons. The molecule has 1 heterocycles. The van der Waals surface area contributed by atoms with Crippen LogP contribution >= 0.6 is 0 Å². The number of benzene rings is 1. The van der Waals surface area contributed by atoms with E-state index in [0.29, 0.717) is 0 Å². The maximum atomic E-state index is 5.33. The van der Waals surface area contributed by atoms with Crippen LogP contribution in [0.5, 0.6) is 0 Å². The van der Waals surface area contributed by atoms with Gasteiger partial charge in [0, 0.05) is 25.3 Å². The largest absolute Gasteiger partial charge is 0.385 e. The first-order valence-electron chi connectivity index (χ1n) is 6.45. The van der Waals surface area contributed by atoms with Gasteiger partial charge in [-0.25, -0.2) is 0 Å². The number of morpholine rings is 1. The van der Waals surface area contributed by atoms with Crippen LogP contribution < -0.4 is 5.32 Å². The highest BCUT2D eigenvalue weighted by Gasteiger charge is 2.08. The fraction of sp³-hybridized carbons (Fsp3) is 0.571. The van der Waals surface area contributed by atoms with Crippen molar-refractivity contribution >= 4 is 5.69 Å². The van der Waals surface area contributed by atoms with Crippen LogP contribution in [0.1, 0.15) is 12.0 Å². The van der Waals surface area contributed by atoms with Crippen molar-refractivity contribution in [2.75, 3.05) is 44.7 Å². The van der Waals surface area contributed by atoms with Crippen LogP contribution in [0.4, 0.5) is 5.69 Å². The summed E-state index contributed by atoms with van der Waals surface area (Å²) in [5, 5.41) is 3.45. The molecule has 0 amide bonds. The van der Waals surface area contributed by atoms with Gasteiger partial charge in [0.15, 0.2) is 0 Å². The summed E-state index contributed by atoms with van der Waals surface area (Å²) in [4.78, 5) is 2.47. The van der Waals surface area contributed by atoms with Crippen molar-refractivity contribution < 1.29 is 4.74 Å². The fourth-order valence-corrected chi connectivity index (χ4v) is 2.03. The summed E-state index contributed by atoms with van der Waals surface area (Å²) in [6, 6.07) is 8.57. The van der Waals surface area contributed by atoms with Crippen molar-refractivity contribution in [3.63, 3.8) is 0 Å². The first-order valence-corrected chi connectivity index (χ1v) is 6.45. The molecule has 1 N–H and O–H groups in total. The lowest BCUT2D eigenvalue weighted by Crippen LogP contribution is -2.37. The van der Waals surface area contributed by atoms with Gasteiger partial charge in [0.05, 0.1) is 13.2 Å². The highest BCUT2D eigenvalue weighted by molar-refractivity contribution is 5.44. The quantitative estimate of drug-likeness (QED) is 0.790. The highest BCUT2D eigenvalue weighted by Crippen LogP contribution is 2.08. The first kappa shape index (κ1) is 12.4. The number of anilines is 1. The second-order valence-electron chi connectivity index (χ2n) is 4.60. The van der Waals surface area contributed by atoms with Gasteiger partial charge in [-0.3, -0.25) is 4.90 Å². The van der Waals surface area contributed by atoms with E-state index in [1.54, 1.807) is 0 Å². The Bertz CT molecular complexity index is 317. The van der Waals surface area contributed by atoms with Crippen molar-refractivity contribution in [1.29, 1.82) is 0 Å². The average molecular weight is 234 g/mol. The van der Waals surface area contributed by atoms with E-state index in [0.717, 1.165) is 32.8 Å². The molecule has 2 rings (SSSR count). The lowest BCUT2D eigenvalue weighted by atomic mass is 10.2. The molecular formula is C14H22N2O. The molecule has 0 bridgehead atoms. The standard InChI is InChI=1S/C14H22N2O/c1-13-3-5-14(6-4-13)15-7-2-8-16-9-11-17-12-10-16/h3-6,15H,2,7-12H2,1H3. The summed E-state index contributed by atoms with van der Waals surface area (Å²) >= 11 is 0. The molecule has 0 saturated carbocycles. The summed E-state index contributed by atoms with van der Waals surface area (Å²) in [5.41, 5.74) is 2.53. The smallest absolute Gasteiger partial charge is 0.0594 e. The normalized spacial score (nSPS) is 17.0. The molecule has 1 aliphatic rings. The third-order valence-electron chi connectivity index (χ3n) is 3.14. The van der Waals surface area contributed by atoms with Crippen molar-refractivity contribution in [2.24, 2.45) is 0 Å². The van der Waals surface area contributed by atoms with E-state index in [-0.39, 0.29) is 0 Å². The Kier molecular flexibility index (Phi) is 4.83. The predicted molar refractivity (Wildman–Crippen MR) is 71.5 cm³/mol. The summed E-state index contributed by atoms with van der Waals surface area (Å²) in [6.45, 7) is 8.29. The molecule has 0 spiro atoms. The van der Waals surface area contributed by atoms with Gasteiger partial charge in [-0.15, -0.1) is 0 Å². The number of nitrogens with zero attached hydrogens (tertiary/aromatic N) is 1. The zero-order valence-electron chi connectivity index (χ0n) is 10.6. The predicted octanol–water partition coefficient (Wildman–Crippen LogP) is 2.13. The molecular weight excluding hydrogens is 212 g/mol. The summed E-state index contributed by atoms with van der Waals surface area (Å²) in [5.74, 6) is 0. The van der Waals surface area contributed by atoms with Crippen LogP contribution in [0.2, 0.25) is 0 Å². The zero-order chi connectivity index (χ0) is 11.9. The molecule has 3 nitrogen and oxygen atoms in total. The van der Waals surface area contributed by atoms with E-state index in [2.05, 4.69) is 41.4 Å². The van der Waals surface area contributed by atoms with E-state index in [9.17, 15) is 0 Å². The van der Waals surface area contributed by atoms with Gasteiger partial charge >= 0.3 is 0 Å². The van der Waals surface area contributed by atoms with Crippen LogP contribution in [0.25, 0.3) is 0 Å². The minimum Gasteiger partial charge on any atom is -0.385 e. The molecule has 3 heteroatoms. The third-order valence-corrected chi connectivity index (χ3v) is 3.14. The summed E-state index contributed by atoms with van der Waals surface area (Å²) < 4.78 is 5.33. The topological polar surface area (TPSA) is 24.5 Å². The Balaban J connectivity index is 1.60. The Morgan fingerprint density at radius 3 is 2.59 bits per heavy atom. The van der Waals surface area contributed by atoms with E-state index < -0.39 is 0 Å². The van der Waals surface area contributed by atoms with Crippen molar-refractivity contribution in [3.8, 4) is 0 Å². The Hall–Kier alpha value is -1.06. The molecule has 0 aliphatic carbocycles. The molecule has 1 fully saturated rings. The monoisotopic (exact) mass is 234 g/mol. The van der Waals surface area contributed by atoms with E-state index in [4.69, 9.17) is 4.74 Å². The minimum absolute atomic E-state index is 0.894. The van der Waals surface area contributed by atoms with Gasteiger partial charge in [0.25, 0.3) is 0 Å². The van der Waals surface area contributed by atoms with E-state index >= 15 is 0 Å². The lowest BCUT2D eigenvalue weighted by Gasteiger charge is -2.26. The Morgan fingerprint density at radius 2 is 1.88 bits per heavy atom. The first-order chi connectivity index (χ1) is 8.34. The average Bonchev–Trinajstić information content (AvgIpc) is 2.38. The van der Waals surface area contributed by atoms with Crippen molar-refractivity contribution in [3.05, 3.63) is 29.8 Å². The molecule has 1 aromatic carbocycles. The van der Waals surface area contributed by atoms with Gasteiger partial charge in [-0.05, 0) is 32.0 Å². The van der Waals surface area contributed by atoms with Crippen molar-refractivity contribution in [2.45, 2.75) is 13.3 Å². The zero-order valence-corrected chi connectivity index (χ0v) is 10.6. The Morgan fingerprint density at radius 1 is 1.18 bits per heavy atom. The minimum atomic E-state index is 0.894. The van der Waals surface area contributed by atoms with E-state index in [1.807, 2.05) is 0 Å². The highest BCUT2D eigenvalue weighted by atomic mass is 16.5. The van der Waals surface area contributed by atoms with Crippen molar-refractivity contribution in [1.82, 2.24) is 4.90 Å². The molecule has 17 heavy (non-hydrogen) atoms. The molecule has 0 unspecified atom stereocenters. The molecule has 0 atom stereocenters. The van der Waals surface area contributed by atoms with Crippen LogP contribution in [-0.2, 0) is 4.74 Å². The SMILES string of the molecule is Cc1ccc(NCCCN2CCOCC2)cc1. The number of nitrogens with one attached hydrogen (secondary N) is 1. The number of ether oxygens (including phenoxy) is 1. The summed E-state index contributed by atoms with van der Waals surface area (Å²) in [6.07, 6.45) is 1.19. The molecule has 1 aromatic rings. The molecule has 1 aliphatic heterocycles. The number of hydrogen-bond acceptors (Lipinski definition) is 3. The lowest BCUT2D eigenvalue weighted by molar-refractivity contribution is 0.0378. The van der Waals surface area contributed by atoms with Crippen LogP contribution in [0.3, 0.4) is 0 Å².